The Hall–Kier alpha value is -4.91. The first kappa shape index (κ1) is 32.0. The Morgan fingerprint density at radius 1 is 0.682 bits per heavy atom. The van der Waals surface area contributed by atoms with Crippen LogP contribution in [-0.2, 0) is 19.9 Å². The third-order valence-electron chi connectivity index (χ3n) is 7.30. The van der Waals surface area contributed by atoms with Crippen LogP contribution in [0.2, 0.25) is 0 Å². The molecule has 44 heavy (non-hydrogen) atoms. The van der Waals surface area contributed by atoms with Crippen LogP contribution in [0.15, 0.2) is 121 Å². The Bertz CT molecular complexity index is 1410. The summed E-state index contributed by atoms with van der Waals surface area (Å²) < 4.78 is 5.44. The molecule has 0 aliphatic rings. The summed E-state index contributed by atoms with van der Waals surface area (Å²) in [5, 5.41) is 8.83. The van der Waals surface area contributed by atoms with Gasteiger partial charge in [-0.3, -0.25) is 9.59 Å². The quantitative estimate of drug-likeness (QED) is 0.179. The Labute approximate surface area is 260 Å². The summed E-state index contributed by atoms with van der Waals surface area (Å²) in [4.78, 5) is 40.4. The predicted octanol–water partition coefficient (Wildman–Crippen LogP) is 6.30. The zero-order chi connectivity index (χ0) is 31.6. The molecule has 0 aromatic heterocycles. The highest BCUT2D eigenvalue weighted by atomic mass is 16.6. The Morgan fingerprint density at radius 2 is 1.11 bits per heavy atom. The molecule has 4 rings (SSSR count). The topological polar surface area (TPSA) is 96.5 Å². The molecule has 0 aliphatic carbocycles. The van der Waals surface area contributed by atoms with Crippen molar-refractivity contribution in [1.29, 1.82) is 0 Å². The predicted molar refractivity (Wildman–Crippen MR) is 173 cm³/mol. The van der Waals surface area contributed by atoms with Gasteiger partial charge >= 0.3 is 6.09 Å². The molecule has 228 valence electrons. The van der Waals surface area contributed by atoms with E-state index in [1.807, 2.05) is 128 Å². The highest BCUT2D eigenvalue weighted by Gasteiger charge is 2.39. The van der Waals surface area contributed by atoms with Crippen molar-refractivity contribution in [3.05, 3.63) is 144 Å². The van der Waals surface area contributed by atoms with Gasteiger partial charge in [-0.05, 0) is 48.9 Å². The summed E-state index contributed by atoms with van der Waals surface area (Å²) in [5.74, 6) is -0.870. The number of alkyl carbamates (subject to hydrolysis) is 1. The van der Waals surface area contributed by atoms with Gasteiger partial charge in [0.05, 0.1) is 6.42 Å². The van der Waals surface area contributed by atoms with Crippen molar-refractivity contribution in [1.82, 2.24) is 16.0 Å². The second-order valence-corrected chi connectivity index (χ2v) is 11.9. The number of carbonyl (C=O) groups excluding carboxylic acids is 3. The minimum Gasteiger partial charge on any atom is -0.444 e. The highest BCUT2D eigenvalue weighted by Crippen LogP contribution is 2.37. The molecule has 4 aromatic carbocycles. The molecule has 0 heterocycles. The minimum atomic E-state index is -1.17. The number of nitrogens with one attached hydrogen (secondary N) is 3. The van der Waals surface area contributed by atoms with Gasteiger partial charge in [0.25, 0.3) is 0 Å². The van der Waals surface area contributed by atoms with Gasteiger partial charge in [0.15, 0.2) is 0 Å². The Balaban J connectivity index is 1.64. The number of rotatable bonds is 11. The molecule has 0 fully saturated rings. The van der Waals surface area contributed by atoms with Crippen molar-refractivity contribution < 1.29 is 19.1 Å². The maximum Gasteiger partial charge on any atom is 0.408 e. The summed E-state index contributed by atoms with van der Waals surface area (Å²) in [5.41, 5.74) is 1.78. The molecule has 7 heteroatoms. The lowest BCUT2D eigenvalue weighted by atomic mass is 9.77. The maximum atomic E-state index is 14.0. The molecule has 0 spiro atoms. The van der Waals surface area contributed by atoms with Gasteiger partial charge in [-0.1, -0.05) is 128 Å². The summed E-state index contributed by atoms with van der Waals surface area (Å²) >= 11 is 0. The summed E-state index contributed by atoms with van der Waals surface area (Å²) in [7, 11) is 0. The van der Waals surface area contributed by atoms with Crippen LogP contribution in [0.4, 0.5) is 4.79 Å². The first-order chi connectivity index (χ1) is 21.1. The third kappa shape index (κ3) is 8.34. The molecule has 3 amide bonds. The van der Waals surface area contributed by atoms with Gasteiger partial charge < -0.3 is 20.7 Å². The standard InChI is InChI=1S/C37H41N3O4/c1-27(28-17-9-5-10-18-28)26-38-34(42)32(39-35(43)44-36(2,3)4)25-33(41)40-37(29-19-11-6-12-20-29,30-21-13-7-14-22-30)31-23-15-8-16-24-31/h5-24,27,32H,25-26H2,1-4H3,(H,38,42)(H,39,43)(H,40,41)/t27-,32-/m1/s1. The van der Waals surface area contributed by atoms with Gasteiger partial charge in [-0.15, -0.1) is 0 Å². The van der Waals surface area contributed by atoms with E-state index in [0.29, 0.717) is 6.54 Å². The zero-order valence-electron chi connectivity index (χ0n) is 25.7. The van der Waals surface area contributed by atoms with Gasteiger partial charge in [0.2, 0.25) is 11.8 Å². The van der Waals surface area contributed by atoms with Crippen LogP contribution in [-0.4, -0.2) is 36.1 Å². The molecule has 3 N–H and O–H groups in total. The number of ether oxygens (including phenoxy) is 1. The van der Waals surface area contributed by atoms with E-state index in [9.17, 15) is 14.4 Å². The van der Waals surface area contributed by atoms with E-state index in [1.54, 1.807) is 20.8 Å². The average molecular weight is 592 g/mol. The maximum absolute atomic E-state index is 14.0. The fraction of sp³-hybridized carbons (Fsp3) is 0.270. The van der Waals surface area contributed by atoms with Crippen LogP contribution < -0.4 is 16.0 Å². The van der Waals surface area contributed by atoms with E-state index in [0.717, 1.165) is 22.3 Å². The smallest absolute Gasteiger partial charge is 0.408 e. The molecule has 4 aromatic rings. The van der Waals surface area contributed by atoms with E-state index in [1.165, 1.54) is 0 Å². The summed E-state index contributed by atoms with van der Waals surface area (Å²) in [6.07, 6.45) is -1.08. The van der Waals surface area contributed by atoms with E-state index < -0.39 is 35.1 Å². The van der Waals surface area contributed by atoms with Gasteiger partial charge in [0.1, 0.15) is 17.2 Å². The molecule has 0 unspecified atom stereocenters. The van der Waals surface area contributed by atoms with Crippen molar-refractivity contribution >= 4 is 17.9 Å². The number of benzene rings is 4. The van der Waals surface area contributed by atoms with Crippen molar-refractivity contribution in [2.24, 2.45) is 0 Å². The molecule has 7 nitrogen and oxygen atoms in total. The lowest BCUT2D eigenvalue weighted by Gasteiger charge is -2.37. The number of hydrogen-bond acceptors (Lipinski definition) is 4. The monoisotopic (exact) mass is 591 g/mol. The van der Waals surface area contributed by atoms with Gasteiger partial charge in [-0.25, -0.2) is 4.79 Å². The highest BCUT2D eigenvalue weighted by molar-refractivity contribution is 5.91. The molecule has 2 atom stereocenters. The van der Waals surface area contributed by atoms with E-state index in [2.05, 4.69) is 16.0 Å². The fourth-order valence-electron chi connectivity index (χ4n) is 5.16. The van der Waals surface area contributed by atoms with E-state index in [-0.39, 0.29) is 12.3 Å². The lowest BCUT2D eigenvalue weighted by Crippen LogP contribution is -2.53. The molecular formula is C37H41N3O4. The van der Waals surface area contributed by atoms with Crippen molar-refractivity contribution in [2.75, 3.05) is 6.54 Å². The Morgan fingerprint density at radius 3 is 1.55 bits per heavy atom. The van der Waals surface area contributed by atoms with Crippen molar-refractivity contribution in [3.8, 4) is 0 Å². The molecule has 0 saturated heterocycles. The first-order valence-electron chi connectivity index (χ1n) is 14.9. The second kappa shape index (κ2) is 14.5. The SMILES string of the molecule is C[C@H](CNC(=O)[C@@H](CC(=O)NC(c1ccccc1)(c1ccccc1)c1ccccc1)NC(=O)OC(C)(C)C)c1ccccc1. The average Bonchev–Trinajstić information content (AvgIpc) is 3.02. The molecule has 0 aliphatic heterocycles. The number of amides is 3. The zero-order valence-corrected chi connectivity index (χ0v) is 25.7. The van der Waals surface area contributed by atoms with E-state index in [4.69, 9.17) is 4.74 Å². The molecule has 0 saturated carbocycles. The summed E-state index contributed by atoms with van der Waals surface area (Å²) in [6.45, 7) is 7.56. The third-order valence-corrected chi connectivity index (χ3v) is 7.30. The first-order valence-corrected chi connectivity index (χ1v) is 14.9. The normalized spacial score (nSPS) is 12.8. The van der Waals surface area contributed by atoms with Crippen LogP contribution in [0.1, 0.15) is 62.3 Å². The van der Waals surface area contributed by atoms with E-state index >= 15 is 0 Å². The van der Waals surface area contributed by atoms with Crippen LogP contribution in [0.3, 0.4) is 0 Å². The van der Waals surface area contributed by atoms with Crippen LogP contribution >= 0.6 is 0 Å². The van der Waals surface area contributed by atoms with Crippen LogP contribution in [0.5, 0.6) is 0 Å². The van der Waals surface area contributed by atoms with Crippen molar-refractivity contribution in [3.63, 3.8) is 0 Å². The second-order valence-electron chi connectivity index (χ2n) is 11.9. The fourth-order valence-corrected chi connectivity index (χ4v) is 5.16. The molecule has 0 radical (unpaired) electrons. The van der Waals surface area contributed by atoms with Crippen LogP contribution in [0.25, 0.3) is 0 Å². The molecule has 0 bridgehead atoms. The van der Waals surface area contributed by atoms with Crippen molar-refractivity contribution in [2.45, 2.75) is 57.2 Å². The minimum absolute atomic E-state index is 0.0260. The largest absolute Gasteiger partial charge is 0.444 e. The number of hydrogen-bond donors (Lipinski definition) is 3. The van der Waals surface area contributed by atoms with Gasteiger partial charge in [-0.2, -0.15) is 0 Å². The number of carbonyl (C=O) groups is 3. The lowest BCUT2D eigenvalue weighted by molar-refractivity contribution is -0.129. The Kier molecular flexibility index (Phi) is 10.6. The van der Waals surface area contributed by atoms with Gasteiger partial charge in [0, 0.05) is 6.54 Å². The van der Waals surface area contributed by atoms with Crippen LogP contribution in [0, 0.1) is 0 Å². The molecular weight excluding hydrogens is 550 g/mol. The summed E-state index contributed by atoms with van der Waals surface area (Å²) in [6, 6.07) is 37.8.